The summed E-state index contributed by atoms with van der Waals surface area (Å²) < 4.78 is 58.3. The van der Waals surface area contributed by atoms with Crippen LogP contribution in [-0.2, 0) is 15.8 Å². The quantitative estimate of drug-likeness (QED) is 0.257. The number of carbonyl (C=O) groups is 2. The van der Waals surface area contributed by atoms with Crippen molar-refractivity contribution in [1.29, 1.82) is 0 Å². The molecule has 0 aliphatic carbocycles. The van der Waals surface area contributed by atoms with Crippen molar-refractivity contribution in [3.05, 3.63) is 64.7 Å². The van der Waals surface area contributed by atoms with Crippen LogP contribution < -0.4 is 10.1 Å². The Labute approximate surface area is 225 Å². The maximum absolute atomic E-state index is 13.4. The SMILES string of the molecule is O=CN1CCN(CCOc2ccc(-c3ncc(C(F)(F)F)[nH]3)cc2NC(=O)C#Cc2ccc(F)c(Cl)c2)CC1. The average molecular weight is 564 g/mol. The highest BCUT2D eigenvalue weighted by Crippen LogP contribution is 2.33. The van der Waals surface area contributed by atoms with E-state index in [2.05, 4.69) is 32.0 Å². The number of piperazine rings is 1. The minimum atomic E-state index is -4.60. The summed E-state index contributed by atoms with van der Waals surface area (Å²) >= 11 is 5.74. The van der Waals surface area contributed by atoms with Crippen LogP contribution in [0.1, 0.15) is 11.3 Å². The van der Waals surface area contributed by atoms with Crippen molar-refractivity contribution in [1.82, 2.24) is 19.8 Å². The highest BCUT2D eigenvalue weighted by molar-refractivity contribution is 6.30. The molecule has 0 radical (unpaired) electrons. The van der Waals surface area contributed by atoms with Gasteiger partial charge in [0.05, 0.1) is 16.9 Å². The molecular weight excluding hydrogens is 542 g/mol. The van der Waals surface area contributed by atoms with Crippen LogP contribution in [-0.4, -0.2) is 71.4 Å². The molecule has 2 aromatic carbocycles. The normalized spacial score (nSPS) is 13.9. The Balaban J connectivity index is 1.51. The van der Waals surface area contributed by atoms with Gasteiger partial charge in [0.15, 0.2) is 0 Å². The van der Waals surface area contributed by atoms with E-state index in [0.717, 1.165) is 12.5 Å². The Morgan fingerprint density at radius 3 is 2.62 bits per heavy atom. The van der Waals surface area contributed by atoms with Crippen LogP contribution in [0.4, 0.5) is 23.2 Å². The zero-order chi connectivity index (χ0) is 28.0. The number of rotatable bonds is 7. The standard InChI is InChI=1S/C26H22ClF4N5O3/c27-19-13-17(1-4-20(19)28)2-6-24(38)33-21-14-18(25-32-15-23(34-25)26(29,30)31)3-5-22(21)39-12-11-35-7-9-36(16-37)10-8-35/h1,3-5,13-16H,7-12H2,(H,32,34)(H,33,38). The monoisotopic (exact) mass is 563 g/mol. The lowest BCUT2D eigenvalue weighted by Crippen LogP contribution is -2.46. The van der Waals surface area contributed by atoms with Gasteiger partial charge in [0.2, 0.25) is 6.41 Å². The van der Waals surface area contributed by atoms with Crippen molar-refractivity contribution in [2.45, 2.75) is 6.18 Å². The summed E-state index contributed by atoms with van der Waals surface area (Å²) in [7, 11) is 0. The Morgan fingerprint density at radius 1 is 1.18 bits per heavy atom. The number of H-pyrrole nitrogens is 1. The number of aromatic nitrogens is 2. The van der Waals surface area contributed by atoms with Gasteiger partial charge in [-0.25, -0.2) is 9.37 Å². The molecule has 0 unspecified atom stereocenters. The molecule has 0 atom stereocenters. The fraction of sp³-hybridized carbons (Fsp3) is 0.269. The van der Waals surface area contributed by atoms with E-state index in [1.807, 2.05) is 0 Å². The van der Waals surface area contributed by atoms with Crippen LogP contribution in [0, 0.1) is 17.7 Å². The number of hydrogen-bond donors (Lipinski definition) is 2. The predicted octanol–water partition coefficient (Wildman–Crippen LogP) is 4.03. The molecule has 1 fully saturated rings. The molecular formula is C26H22ClF4N5O3. The molecule has 0 saturated carbocycles. The fourth-order valence-corrected chi connectivity index (χ4v) is 3.93. The number of benzene rings is 2. The fourth-order valence-electron chi connectivity index (χ4n) is 3.75. The van der Waals surface area contributed by atoms with Gasteiger partial charge in [0.25, 0.3) is 0 Å². The predicted molar refractivity (Wildman–Crippen MR) is 136 cm³/mol. The first-order valence-electron chi connectivity index (χ1n) is 11.7. The molecule has 8 nitrogen and oxygen atoms in total. The number of hydrogen-bond acceptors (Lipinski definition) is 5. The third-order valence-corrected chi connectivity index (χ3v) is 6.13. The van der Waals surface area contributed by atoms with Crippen LogP contribution >= 0.6 is 11.6 Å². The first-order valence-corrected chi connectivity index (χ1v) is 12.1. The van der Waals surface area contributed by atoms with E-state index < -0.39 is 23.6 Å². The number of aromatic amines is 1. The summed E-state index contributed by atoms with van der Waals surface area (Å²) in [5.74, 6) is 3.81. The van der Waals surface area contributed by atoms with E-state index in [9.17, 15) is 27.2 Å². The first kappa shape index (κ1) is 27.9. The van der Waals surface area contributed by atoms with Crippen LogP contribution in [0.3, 0.4) is 0 Å². The van der Waals surface area contributed by atoms with Crippen LogP contribution in [0.15, 0.2) is 42.6 Å². The molecule has 39 heavy (non-hydrogen) atoms. The second-order valence-electron chi connectivity index (χ2n) is 8.52. The maximum Gasteiger partial charge on any atom is 0.432 e. The van der Waals surface area contributed by atoms with Gasteiger partial charge in [-0.3, -0.25) is 14.5 Å². The van der Waals surface area contributed by atoms with Crippen molar-refractivity contribution in [2.75, 3.05) is 44.6 Å². The van der Waals surface area contributed by atoms with Gasteiger partial charge in [-0.05, 0) is 36.4 Å². The lowest BCUT2D eigenvalue weighted by Gasteiger charge is -2.32. The zero-order valence-corrected chi connectivity index (χ0v) is 21.1. The Bertz CT molecular complexity index is 1410. The Morgan fingerprint density at radius 2 is 1.95 bits per heavy atom. The molecule has 1 aliphatic rings. The van der Waals surface area contributed by atoms with Crippen molar-refractivity contribution < 1.29 is 31.9 Å². The highest BCUT2D eigenvalue weighted by atomic mass is 35.5. The largest absolute Gasteiger partial charge is 0.490 e. The minimum Gasteiger partial charge on any atom is -0.490 e. The van der Waals surface area contributed by atoms with E-state index in [1.165, 1.54) is 30.3 Å². The third-order valence-electron chi connectivity index (χ3n) is 5.84. The second-order valence-corrected chi connectivity index (χ2v) is 8.93. The summed E-state index contributed by atoms with van der Waals surface area (Å²) in [6.45, 7) is 3.41. The number of nitrogens with one attached hydrogen (secondary N) is 2. The lowest BCUT2D eigenvalue weighted by atomic mass is 10.1. The summed E-state index contributed by atoms with van der Waals surface area (Å²) in [6, 6.07) is 8.21. The zero-order valence-electron chi connectivity index (χ0n) is 20.3. The molecule has 1 aromatic heterocycles. The average Bonchev–Trinajstić information content (AvgIpc) is 3.42. The van der Waals surface area contributed by atoms with Gasteiger partial charge in [-0.15, -0.1) is 0 Å². The number of amides is 2. The number of anilines is 1. The van der Waals surface area contributed by atoms with Crippen molar-refractivity contribution >= 4 is 29.6 Å². The molecule has 13 heteroatoms. The first-order chi connectivity index (χ1) is 18.6. The minimum absolute atomic E-state index is 0.0514. The van der Waals surface area contributed by atoms with E-state index in [-0.39, 0.29) is 34.5 Å². The van der Waals surface area contributed by atoms with E-state index >= 15 is 0 Å². The number of alkyl halides is 3. The number of nitrogens with zero attached hydrogens (tertiary/aromatic N) is 3. The molecule has 2 heterocycles. The summed E-state index contributed by atoms with van der Waals surface area (Å²) in [4.78, 5) is 33.3. The van der Waals surface area contributed by atoms with Gasteiger partial charge in [0.1, 0.15) is 29.7 Å². The number of carbonyl (C=O) groups excluding carboxylic acids is 2. The van der Waals surface area contributed by atoms with Crippen molar-refractivity contribution in [2.24, 2.45) is 0 Å². The summed E-state index contributed by atoms with van der Waals surface area (Å²) in [5.41, 5.74) is -0.260. The molecule has 1 saturated heterocycles. The van der Waals surface area contributed by atoms with Crippen LogP contribution in [0.25, 0.3) is 11.4 Å². The molecule has 2 N–H and O–H groups in total. The van der Waals surface area contributed by atoms with E-state index in [4.69, 9.17) is 16.3 Å². The van der Waals surface area contributed by atoms with Crippen molar-refractivity contribution in [3.63, 3.8) is 0 Å². The van der Waals surface area contributed by atoms with Gasteiger partial charge >= 0.3 is 12.1 Å². The second kappa shape index (κ2) is 12.2. The molecule has 0 bridgehead atoms. The summed E-state index contributed by atoms with van der Waals surface area (Å²) in [5, 5.41) is 2.44. The van der Waals surface area contributed by atoms with Crippen molar-refractivity contribution in [3.8, 4) is 29.0 Å². The smallest absolute Gasteiger partial charge is 0.432 e. The van der Waals surface area contributed by atoms with E-state index in [0.29, 0.717) is 44.5 Å². The van der Waals surface area contributed by atoms with E-state index in [1.54, 1.807) is 4.90 Å². The molecule has 1 aliphatic heterocycles. The molecule has 2 amide bonds. The van der Waals surface area contributed by atoms with Gasteiger partial charge in [0, 0.05) is 49.8 Å². The maximum atomic E-state index is 13.4. The topological polar surface area (TPSA) is 90.6 Å². The number of imidazole rings is 1. The highest BCUT2D eigenvalue weighted by Gasteiger charge is 2.33. The van der Waals surface area contributed by atoms with Crippen LogP contribution in [0.2, 0.25) is 5.02 Å². The van der Waals surface area contributed by atoms with Crippen LogP contribution in [0.5, 0.6) is 5.75 Å². The Kier molecular flexibility index (Phi) is 8.73. The lowest BCUT2D eigenvalue weighted by molar-refractivity contribution is -0.140. The van der Waals surface area contributed by atoms with Gasteiger partial charge < -0.3 is 19.9 Å². The van der Waals surface area contributed by atoms with Gasteiger partial charge in [-0.1, -0.05) is 17.5 Å². The molecule has 4 rings (SSSR count). The third kappa shape index (κ3) is 7.49. The molecule has 204 valence electrons. The molecule has 0 spiro atoms. The number of halogens is 5. The molecule has 3 aromatic rings. The summed E-state index contributed by atoms with van der Waals surface area (Å²) in [6.07, 6.45) is -3.10. The van der Waals surface area contributed by atoms with Gasteiger partial charge in [-0.2, -0.15) is 13.2 Å². The Hall–Kier alpha value is -4.08. The number of ether oxygens (including phenoxy) is 1.